The quantitative estimate of drug-likeness (QED) is 0.869. The van der Waals surface area contributed by atoms with E-state index in [0.717, 1.165) is 24.8 Å². The molecule has 0 amide bonds. The smallest absolute Gasteiger partial charge is 0.127 e. The van der Waals surface area contributed by atoms with Gasteiger partial charge in [0.1, 0.15) is 5.82 Å². The summed E-state index contributed by atoms with van der Waals surface area (Å²) in [6.45, 7) is 8.84. The Kier molecular flexibility index (Phi) is 3.87. The van der Waals surface area contributed by atoms with Crippen LogP contribution in [0.3, 0.4) is 0 Å². The minimum absolute atomic E-state index is 0.642. The maximum absolute atomic E-state index is 4.33. The van der Waals surface area contributed by atoms with Crippen molar-refractivity contribution < 1.29 is 0 Å². The lowest BCUT2D eigenvalue weighted by atomic mass is 9.94. The Morgan fingerprint density at radius 3 is 3.00 bits per heavy atom. The van der Waals surface area contributed by atoms with E-state index < -0.39 is 0 Å². The fourth-order valence-corrected chi connectivity index (χ4v) is 2.52. The van der Waals surface area contributed by atoms with Crippen LogP contribution in [0.4, 0.5) is 11.5 Å². The molecule has 0 bridgehead atoms. The van der Waals surface area contributed by atoms with Gasteiger partial charge in [0.15, 0.2) is 0 Å². The van der Waals surface area contributed by atoms with Gasteiger partial charge in [0, 0.05) is 37.1 Å². The largest absolute Gasteiger partial charge is 0.370 e. The lowest BCUT2D eigenvalue weighted by molar-refractivity contribution is 0.390. The number of piperidine rings is 1. The minimum atomic E-state index is 0.642. The maximum atomic E-state index is 4.33. The van der Waals surface area contributed by atoms with Crippen molar-refractivity contribution >= 4 is 11.5 Å². The molecule has 0 spiro atoms. The molecule has 0 radical (unpaired) electrons. The Labute approximate surface area is 104 Å². The number of rotatable bonds is 3. The minimum Gasteiger partial charge on any atom is -0.370 e. The first kappa shape index (κ1) is 12.2. The summed E-state index contributed by atoms with van der Waals surface area (Å²) in [5.74, 6) is 1.78. The molecule has 94 valence electrons. The van der Waals surface area contributed by atoms with Crippen LogP contribution in [-0.4, -0.2) is 24.1 Å². The second-order valence-corrected chi connectivity index (χ2v) is 5.11. The first-order valence-electron chi connectivity index (χ1n) is 6.67. The van der Waals surface area contributed by atoms with E-state index in [0.29, 0.717) is 6.04 Å². The van der Waals surface area contributed by atoms with Crippen molar-refractivity contribution in [1.29, 1.82) is 0 Å². The lowest BCUT2D eigenvalue weighted by Gasteiger charge is -2.38. The molecule has 1 aromatic heterocycles. The highest BCUT2D eigenvalue weighted by Gasteiger charge is 2.23. The normalized spacial score (nSPS) is 24.8. The van der Waals surface area contributed by atoms with Crippen molar-refractivity contribution in [3.05, 3.63) is 18.3 Å². The second-order valence-electron chi connectivity index (χ2n) is 5.11. The summed E-state index contributed by atoms with van der Waals surface area (Å²) in [5.41, 5.74) is 1.30. The summed E-state index contributed by atoms with van der Waals surface area (Å²) in [4.78, 5) is 6.84. The van der Waals surface area contributed by atoms with Crippen molar-refractivity contribution in [2.24, 2.45) is 5.92 Å². The van der Waals surface area contributed by atoms with Crippen LogP contribution >= 0.6 is 0 Å². The summed E-state index contributed by atoms with van der Waals surface area (Å²) in [6.07, 6.45) is 4.54. The van der Waals surface area contributed by atoms with Crippen LogP contribution in [0.25, 0.3) is 0 Å². The third kappa shape index (κ3) is 2.90. The molecular formula is C14H23N3. The molecule has 2 heterocycles. The highest BCUT2D eigenvalue weighted by atomic mass is 15.2. The van der Waals surface area contributed by atoms with Crippen molar-refractivity contribution in [2.45, 2.75) is 39.7 Å². The molecule has 17 heavy (non-hydrogen) atoms. The summed E-state index contributed by atoms with van der Waals surface area (Å²) >= 11 is 0. The molecule has 0 aromatic carbocycles. The monoisotopic (exact) mass is 233 g/mol. The molecule has 2 atom stereocenters. The van der Waals surface area contributed by atoms with Gasteiger partial charge in [0.2, 0.25) is 0 Å². The van der Waals surface area contributed by atoms with Crippen LogP contribution in [0.1, 0.15) is 33.6 Å². The fourth-order valence-electron chi connectivity index (χ4n) is 2.52. The first-order chi connectivity index (χ1) is 8.20. The van der Waals surface area contributed by atoms with Gasteiger partial charge in [-0.2, -0.15) is 0 Å². The zero-order chi connectivity index (χ0) is 12.3. The van der Waals surface area contributed by atoms with Gasteiger partial charge in [-0.15, -0.1) is 0 Å². The molecule has 3 nitrogen and oxygen atoms in total. The van der Waals surface area contributed by atoms with E-state index in [2.05, 4.69) is 48.1 Å². The van der Waals surface area contributed by atoms with Crippen LogP contribution in [0.5, 0.6) is 0 Å². The highest BCUT2D eigenvalue weighted by molar-refractivity contribution is 5.54. The topological polar surface area (TPSA) is 28.2 Å². The molecule has 1 aliphatic rings. The zero-order valence-corrected chi connectivity index (χ0v) is 11.1. The maximum Gasteiger partial charge on any atom is 0.127 e. The van der Waals surface area contributed by atoms with E-state index in [-0.39, 0.29) is 0 Å². The van der Waals surface area contributed by atoms with E-state index >= 15 is 0 Å². The predicted molar refractivity (Wildman–Crippen MR) is 73.6 cm³/mol. The van der Waals surface area contributed by atoms with Crippen molar-refractivity contribution in [3.8, 4) is 0 Å². The van der Waals surface area contributed by atoms with Crippen LogP contribution in [-0.2, 0) is 0 Å². The van der Waals surface area contributed by atoms with Crippen LogP contribution in [0.15, 0.2) is 18.3 Å². The van der Waals surface area contributed by atoms with Gasteiger partial charge in [0.05, 0.1) is 0 Å². The van der Waals surface area contributed by atoms with Gasteiger partial charge in [-0.1, -0.05) is 6.92 Å². The number of nitrogens with one attached hydrogen (secondary N) is 1. The van der Waals surface area contributed by atoms with Gasteiger partial charge in [0.25, 0.3) is 0 Å². The van der Waals surface area contributed by atoms with Crippen molar-refractivity contribution in [1.82, 2.24) is 4.98 Å². The number of nitrogens with zero attached hydrogens (tertiary/aromatic N) is 2. The van der Waals surface area contributed by atoms with Gasteiger partial charge in [-0.25, -0.2) is 4.98 Å². The summed E-state index contributed by atoms with van der Waals surface area (Å²) in [5, 5.41) is 3.28. The summed E-state index contributed by atoms with van der Waals surface area (Å²) in [7, 11) is 0. The number of hydrogen-bond acceptors (Lipinski definition) is 3. The molecule has 1 aromatic rings. The number of pyridine rings is 1. The molecule has 0 aliphatic carbocycles. The highest BCUT2D eigenvalue weighted by Crippen LogP contribution is 2.28. The SMILES string of the molecule is CCNc1cc(N2CC(C)CCC2C)ccn1. The van der Waals surface area contributed by atoms with E-state index in [1.54, 1.807) is 0 Å². The zero-order valence-electron chi connectivity index (χ0n) is 11.1. The Hall–Kier alpha value is -1.25. The Morgan fingerprint density at radius 2 is 2.24 bits per heavy atom. The average molecular weight is 233 g/mol. The molecule has 0 saturated carbocycles. The molecule has 1 fully saturated rings. The fraction of sp³-hybridized carbons (Fsp3) is 0.643. The first-order valence-corrected chi connectivity index (χ1v) is 6.67. The average Bonchev–Trinajstić information content (AvgIpc) is 2.33. The van der Waals surface area contributed by atoms with Gasteiger partial charge >= 0.3 is 0 Å². The second kappa shape index (κ2) is 5.39. The molecule has 1 saturated heterocycles. The van der Waals surface area contributed by atoms with Crippen molar-refractivity contribution in [2.75, 3.05) is 23.3 Å². The van der Waals surface area contributed by atoms with Gasteiger partial charge in [-0.3, -0.25) is 0 Å². The molecule has 1 aliphatic heterocycles. The summed E-state index contributed by atoms with van der Waals surface area (Å²) in [6, 6.07) is 4.93. The Balaban J connectivity index is 2.16. The standard InChI is InChI=1S/C14H23N3/c1-4-15-14-9-13(7-8-16-14)17-10-11(2)5-6-12(17)3/h7-9,11-12H,4-6,10H2,1-3H3,(H,15,16). The summed E-state index contributed by atoms with van der Waals surface area (Å²) < 4.78 is 0. The van der Waals surface area contributed by atoms with Gasteiger partial charge in [-0.05, 0) is 38.7 Å². The Morgan fingerprint density at radius 1 is 1.41 bits per heavy atom. The Bertz CT molecular complexity index is 364. The predicted octanol–water partition coefficient (Wildman–Crippen LogP) is 3.14. The van der Waals surface area contributed by atoms with Crippen LogP contribution in [0.2, 0.25) is 0 Å². The van der Waals surface area contributed by atoms with E-state index in [4.69, 9.17) is 0 Å². The van der Waals surface area contributed by atoms with E-state index in [1.807, 2.05) is 6.20 Å². The van der Waals surface area contributed by atoms with Crippen molar-refractivity contribution in [3.63, 3.8) is 0 Å². The third-order valence-electron chi connectivity index (χ3n) is 3.55. The molecule has 2 unspecified atom stereocenters. The molecule has 3 heteroatoms. The number of aromatic nitrogens is 1. The van der Waals surface area contributed by atoms with E-state index in [1.165, 1.54) is 18.5 Å². The van der Waals surface area contributed by atoms with Crippen LogP contribution in [0, 0.1) is 5.92 Å². The van der Waals surface area contributed by atoms with Crippen LogP contribution < -0.4 is 10.2 Å². The third-order valence-corrected chi connectivity index (χ3v) is 3.55. The molecule has 1 N–H and O–H groups in total. The number of anilines is 2. The lowest BCUT2D eigenvalue weighted by Crippen LogP contribution is -2.41. The van der Waals surface area contributed by atoms with E-state index in [9.17, 15) is 0 Å². The number of hydrogen-bond donors (Lipinski definition) is 1. The van der Waals surface area contributed by atoms with Gasteiger partial charge < -0.3 is 10.2 Å². The molecule has 2 rings (SSSR count). The molecular weight excluding hydrogens is 210 g/mol.